The third kappa shape index (κ3) is 5.37. The molecule has 1 amide bonds. The number of carbonyl (C=O) groups excluding carboxylic acids is 1. The van der Waals surface area contributed by atoms with Crippen LogP contribution in [0.2, 0.25) is 0 Å². The van der Waals surface area contributed by atoms with E-state index < -0.39 is 26.9 Å². The van der Waals surface area contributed by atoms with E-state index in [0.29, 0.717) is 4.34 Å². The van der Waals surface area contributed by atoms with Crippen LogP contribution in [-0.2, 0) is 14.8 Å². The molecular formula is C14H17N5O5S3. The summed E-state index contributed by atoms with van der Waals surface area (Å²) >= 11 is 2.64. The number of anilines is 2. The van der Waals surface area contributed by atoms with Crippen LogP contribution in [0.5, 0.6) is 0 Å². The largest absolute Gasteiger partial charge is 0.299 e. The van der Waals surface area contributed by atoms with Gasteiger partial charge in [0.2, 0.25) is 21.1 Å². The Labute approximate surface area is 164 Å². The maximum Gasteiger partial charge on any atom is 0.271 e. The predicted octanol–water partition coefficient (Wildman–Crippen LogP) is 2.35. The maximum atomic E-state index is 12.5. The van der Waals surface area contributed by atoms with Crippen LogP contribution in [0.25, 0.3) is 0 Å². The highest BCUT2D eigenvalue weighted by atomic mass is 32.2. The number of rotatable bonds is 8. The molecule has 27 heavy (non-hydrogen) atoms. The Morgan fingerprint density at radius 1 is 1.44 bits per heavy atom. The molecule has 1 aromatic carbocycles. The second kappa shape index (κ2) is 8.63. The minimum Gasteiger partial charge on any atom is -0.299 e. The second-order valence-electron chi connectivity index (χ2n) is 5.31. The van der Waals surface area contributed by atoms with Crippen molar-refractivity contribution in [3.05, 3.63) is 34.4 Å². The summed E-state index contributed by atoms with van der Waals surface area (Å²) < 4.78 is 26.0. The van der Waals surface area contributed by atoms with E-state index in [4.69, 9.17) is 0 Å². The van der Waals surface area contributed by atoms with Gasteiger partial charge in [0.05, 0.1) is 16.9 Å². The number of amides is 1. The van der Waals surface area contributed by atoms with Crippen LogP contribution >= 0.6 is 23.1 Å². The van der Waals surface area contributed by atoms with Crippen LogP contribution in [0.15, 0.2) is 28.6 Å². The summed E-state index contributed by atoms with van der Waals surface area (Å²) in [6, 6.07) is 3.93. The summed E-state index contributed by atoms with van der Waals surface area (Å²) in [6.45, 7) is 3.34. The van der Waals surface area contributed by atoms with Gasteiger partial charge in [-0.15, -0.1) is 10.2 Å². The van der Waals surface area contributed by atoms with E-state index in [9.17, 15) is 23.3 Å². The molecule has 0 bridgehead atoms. The minimum absolute atomic E-state index is 0.0221. The molecule has 0 radical (unpaired) electrons. The lowest BCUT2D eigenvalue weighted by atomic mass is 10.2. The highest BCUT2D eigenvalue weighted by Gasteiger charge is 2.30. The van der Waals surface area contributed by atoms with Crippen molar-refractivity contribution in [2.75, 3.05) is 21.6 Å². The Morgan fingerprint density at radius 3 is 2.74 bits per heavy atom. The number of carbonyl (C=O) groups is 1. The highest BCUT2D eigenvalue weighted by Crippen LogP contribution is 2.27. The van der Waals surface area contributed by atoms with Crippen molar-refractivity contribution in [3.63, 3.8) is 0 Å². The lowest BCUT2D eigenvalue weighted by Gasteiger charge is -2.27. The highest BCUT2D eigenvalue weighted by molar-refractivity contribution is 8.01. The monoisotopic (exact) mass is 431 g/mol. The first-order valence-corrected chi connectivity index (χ1v) is 11.3. The van der Waals surface area contributed by atoms with Crippen molar-refractivity contribution in [2.45, 2.75) is 24.2 Å². The molecule has 1 atom stereocenters. The summed E-state index contributed by atoms with van der Waals surface area (Å²) in [5.74, 6) is 0.171. The number of nitrogens with one attached hydrogen (secondary N) is 1. The van der Waals surface area contributed by atoms with Gasteiger partial charge in [0.25, 0.3) is 5.69 Å². The summed E-state index contributed by atoms with van der Waals surface area (Å²) in [4.78, 5) is 22.9. The Balaban J connectivity index is 2.29. The molecule has 2 rings (SSSR count). The topological polar surface area (TPSA) is 135 Å². The molecule has 2 aromatic rings. The Morgan fingerprint density at radius 2 is 2.15 bits per heavy atom. The van der Waals surface area contributed by atoms with Gasteiger partial charge in [-0.3, -0.25) is 24.5 Å². The van der Waals surface area contributed by atoms with Crippen LogP contribution in [-0.4, -0.2) is 47.5 Å². The van der Waals surface area contributed by atoms with Crippen molar-refractivity contribution < 1.29 is 18.1 Å². The molecule has 10 nitrogen and oxygen atoms in total. The second-order valence-corrected chi connectivity index (χ2v) is 9.66. The van der Waals surface area contributed by atoms with Crippen molar-refractivity contribution in [3.8, 4) is 0 Å². The van der Waals surface area contributed by atoms with Crippen molar-refractivity contribution in [1.82, 2.24) is 10.2 Å². The third-order valence-electron chi connectivity index (χ3n) is 3.29. The molecule has 146 valence electrons. The smallest absolute Gasteiger partial charge is 0.271 e. The van der Waals surface area contributed by atoms with Gasteiger partial charge in [-0.25, -0.2) is 8.42 Å². The molecule has 0 saturated heterocycles. The number of aromatic nitrogens is 2. The molecule has 13 heteroatoms. The standard InChI is InChI=1S/C14H17N5O5S3/c1-4-25-14-17-16-13(26-14)15-12(20)9(2)18(27(3,23)24)10-6-5-7-11(8-10)19(21)22/h5-9H,4H2,1-3H3,(H,15,16,20). The van der Waals surface area contributed by atoms with Gasteiger partial charge in [0.15, 0.2) is 4.34 Å². The fourth-order valence-corrected chi connectivity index (χ4v) is 5.02. The van der Waals surface area contributed by atoms with Crippen molar-refractivity contribution >= 4 is 55.5 Å². The number of non-ortho nitro benzene ring substituents is 1. The number of nitrogens with zero attached hydrogens (tertiary/aromatic N) is 4. The fraction of sp³-hybridized carbons (Fsp3) is 0.357. The average molecular weight is 432 g/mol. The van der Waals surface area contributed by atoms with Gasteiger partial charge in [0.1, 0.15) is 6.04 Å². The normalized spacial score (nSPS) is 12.4. The zero-order valence-electron chi connectivity index (χ0n) is 14.6. The lowest BCUT2D eigenvalue weighted by Crippen LogP contribution is -2.45. The molecule has 0 spiro atoms. The van der Waals surface area contributed by atoms with Gasteiger partial charge < -0.3 is 0 Å². The number of nitro benzene ring substituents is 1. The number of hydrogen-bond donors (Lipinski definition) is 1. The van der Waals surface area contributed by atoms with E-state index in [1.165, 1.54) is 48.2 Å². The Bertz CT molecular complexity index is 946. The van der Waals surface area contributed by atoms with E-state index >= 15 is 0 Å². The van der Waals surface area contributed by atoms with Crippen LogP contribution < -0.4 is 9.62 Å². The van der Waals surface area contributed by atoms with Crippen LogP contribution in [0.1, 0.15) is 13.8 Å². The third-order valence-corrected chi connectivity index (χ3v) is 6.38. The molecule has 0 aliphatic rings. The average Bonchev–Trinajstić information content (AvgIpc) is 3.01. The first kappa shape index (κ1) is 21.1. The molecule has 0 saturated carbocycles. The molecule has 1 aromatic heterocycles. The summed E-state index contributed by atoms with van der Waals surface area (Å²) in [6.07, 6.45) is 0.927. The minimum atomic E-state index is -3.89. The molecular weight excluding hydrogens is 414 g/mol. The quantitative estimate of drug-likeness (QED) is 0.291. The van der Waals surface area contributed by atoms with Crippen molar-refractivity contribution in [1.29, 1.82) is 0 Å². The summed E-state index contributed by atoms with van der Waals surface area (Å²) in [5, 5.41) is 21.5. The van der Waals surface area contributed by atoms with Crippen LogP contribution in [0, 0.1) is 10.1 Å². The van der Waals surface area contributed by atoms with Crippen molar-refractivity contribution in [2.24, 2.45) is 0 Å². The zero-order valence-corrected chi connectivity index (χ0v) is 17.1. The number of nitro groups is 1. The number of thioether (sulfide) groups is 1. The van der Waals surface area contributed by atoms with Gasteiger partial charge in [-0.2, -0.15) is 0 Å². The Kier molecular flexibility index (Phi) is 6.73. The predicted molar refractivity (Wildman–Crippen MR) is 105 cm³/mol. The van der Waals surface area contributed by atoms with E-state index in [-0.39, 0.29) is 16.5 Å². The first-order valence-electron chi connectivity index (χ1n) is 7.64. The maximum absolute atomic E-state index is 12.5. The van der Waals surface area contributed by atoms with Gasteiger partial charge >= 0.3 is 0 Å². The first-order chi connectivity index (χ1) is 12.6. The lowest BCUT2D eigenvalue weighted by molar-refractivity contribution is -0.384. The van der Waals surface area contributed by atoms with Crippen LogP contribution in [0.4, 0.5) is 16.5 Å². The van der Waals surface area contributed by atoms with E-state index in [1.54, 1.807) is 0 Å². The zero-order chi connectivity index (χ0) is 20.2. The van der Waals surface area contributed by atoms with Crippen LogP contribution in [0.3, 0.4) is 0 Å². The summed E-state index contributed by atoms with van der Waals surface area (Å²) in [7, 11) is -3.89. The number of benzene rings is 1. The van der Waals surface area contributed by atoms with Gasteiger partial charge in [-0.05, 0) is 18.7 Å². The fourth-order valence-electron chi connectivity index (χ4n) is 2.20. The molecule has 0 fully saturated rings. The van der Waals surface area contributed by atoms with Gasteiger partial charge in [-0.1, -0.05) is 36.1 Å². The number of hydrogen-bond acceptors (Lipinski definition) is 9. The molecule has 1 N–H and O–H groups in total. The SMILES string of the molecule is CCSc1nnc(NC(=O)C(C)N(c2cccc([N+](=O)[O-])c2)S(C)(=O)=O)s1. The molecule has 0 aliphatic heterocycles. The molecule has 1 heterocycles. The van der Waals surface area contributed by atoms with E-state index in [2.05, 4.69) is 15.5 Å². The van der Waals surface area contributed by atoms with E-state index in [0.717, 1.165) is 22.4 Å². The Hall–Kier alpha value is -2.25. The number of sulfonamides is 1. The summed E-state index contributed by atoms with van der Waals surface area (Å²) in [5.41, 5.74) is -0.257. The van der Waals surface area contributed by atoms with Gasteiger partial charge in [0, 0.05) is 12.1 Å². The molecule has 0 aliphatic carbocycles. The van der Waals surface area contributed by atoms with E-state index in [1.807, 2.05) is 6.92 Å². The molecule has 1 unspecified atom stereocenters.